The zero-order valence-electron chi connectivity index (χ0n) is 10.2. The Morgan fingerprint density at radius 2 is 2.22 bits per heavy atom. The first kappa shape index (κ1) is 12.6. The molecule has 0 bridgehead atoms. The van der Waals surface area contributed by atoms with Crippen molar-refractivity contribution >= 4 is 15.9 Å². The van der Waals surface area contributed by atoms with Crippen LogP contribution in [0, 0.1) is 11.7 Å². The molecule has 1 aromatic rings. The Hall–Kier alpha value is -0.450. The first-order valence-corrected chi connectivity index (χ1v) is 7.26. The van der Waals surface area contributed by atoms with Crippen molar-refractivity contribution in [3.05, 3.63) is 34.1 Å². The van der Waals surface area contributed by atoms with Crippen LogP contribution >= 0.6 is 15.9 Å². The predicted molar refractivity (Wildman–Crippen MR) is 72.2 cm³/mol. The molecule has 0 aliphatic carbocycles. The molecule has 1 atom stereocenters. The van der Waals surface area contributed by atoms with Crippen molar-refractivity contribution < 1.29 is 9.13 Å². The number of hydrogen-bond acceptors (Lipinski definition) is 2. The van der Waals surface area contributed by atoms with Gasteiger partial charge in [-0.15, -0.1) is 0 Å². The van der Waals surface area contributed by atoms with Gasteiger partial charge in [0.2, 0.25) is 0 Å². The summed E-state index contributed by atoms with van der Waals surface area (Å²) in [6, 6.07) is 5.23. The molecule has 18 heavy (non-hydrogen) atoms. The number of nitrogens with one attached hydrogen (secondary N) is 1. The molecule has 0 saturated carbocycles. The van der Waals surface area contributed by atoms with Crippen molar-refractivity contribution in [1.29, 1.82) is 0 Å². The second kappa shape index (κ2) is 4.91. The van der Waals surface area contributed by atoms with Crippen LogP contribution in [0.3, 0.4) is 0 Å². The van der Waals surface area contributed by atoms with E-state index in [1.165, 1.54) is 6.42 Å². The molecule has 2 saturated heterocycles. The van der Waals surface area contributed by atoms with Crippen LogP contribution in [-0.2, 0) is 10.2 Å². The van der Waals surface area contributed by atoms with Gasteiger partial charge in [-0.1, -0.05) is 15.9 Å². The van der Waals surface area contributed by atoms with Gasteiger partial charge in [-0.25, -0.2) is 4.39 Å². The van der Waals surface area contributed by atoms with Gasteiger partial charge in [0.05, 0.1) is 13.2 Å². The van der Waals surface area contributed by atoms with Gasteiger partial charge >= 0.3 is 0 Å². The molecular weight excluding hydrogens is 297 g/mol. The number of ether oxygens (including phenoxy) is 1. The van der Waals surface area contributed by atoms with Crippen LogP contribution in [-0.4, -0.2) is 26.3 Å². The highest BCUT2D eigenvalue weighted by Crippen LogP contribution is 2.43. The maximum atomic E-state index is 14.1. The number of rotatable bonds is 2. The minimum atomic E-state index is -0.124. The summed E-state index contributed by atoms with van der Waals surface area (Å²) >= 11 is 3.44. The molecule has 1 N–H and O–H groups in total. The highest BCUT2D eigenvalue weighted by molar-refractivity contribution is 9.10. The number of piperidine rings is 1. The maximum absolute atomic E-state index is 14.1. The van der Waals surface area contributed by atoms with Crippen LogP contribution < -0.4 is 5.32 Å². The molecule has 4 heteroatoms. The van der Waals surface area contributed by atoms with Gasteiger partial charge in [0, 0.05) is 15.5 Å². The van der Waals surface area contributed by atoms with Gasteiger partial charge in [-0.2, -0.15) is 0 Å². The lowest BCUT2D eigenvalue weighted by atomic mass is 9.66. The minimum Gasteiger partial charge on any atom is -0.379 e. The molecule has 2 aliphatic rings. The summed E-state index contributed by atoms with van der Waals surface area (Å²) in [6.07, 6.45) is 2.32. The van der Waals surface area contributed by atoms with Gasteiger partial charge in [0.1, 0.15) is 5.82 Å². The summed E-state index contributed by atoms with van der Waals surface area (Å²) in [6.45, 7) is 3.34. The fraction of sp³-hybridized carbons (Fsp3) is 0.571. The molecule has 2 nitrogen and oxygen atoms in total. The van der Waals surface area contributed by atoms with Gasteiger partial charge < -0.3 is 10.1 Å². The standard InChI is InChI=1S/C14H17BrFNO/c15-11-3-4-13(16)12(6-11)14(8-18-9-14)10-2-1-5-17-7-10/h3-4,6,10,17H,1-2,5,7-9H2. The predicted octanol–water partition coefficient (Wildman–Crippen LogP) is 2.86. The lowest BCUT2D eigenvalue weighted by molar-refractivity contribution is -0.0963. The third-order valence-corrected chi connectivity index (χ3v) is 4.76. The molecule has 1 aromatic carbocycles. The maximum Gasteiger partial charge on any atom is 0.127 e. The zero-order valence-corrected chi connectivity index (χ0v) is 11.8. The number of halogens is 2. The summed E-state index contributed by atoms with van der Waals surface area (Å²) in [4.78, 5) is 0. The second-order valence-electron chi connectivity index (χ2n) is 5.32. The van der Waals surface area contributed by atoms with Crippen LogP contribution in [0.25, 0.3) is 0 Å². The molecule has 3 rings (SSSR count). The molecule has 2 fully saturated rings. The Balaban J connectivity index is 1.97. The topological polar surface area (TPSA) is 21.3 Å². The lowest BCUT2D eigenvalue weighted by Crippen LogP contribution is -2.56. The number of benzene rings is 1. The third kappa shape index (κ3) is 2.00. The Bertz CT molecular complexity index is 441. The van der Waals surface area contributed by atoms with Crippen molar-refractivity contribution in [1.82, 2.24) is 5.32 Å². The van der Waals surface area contributed by atoms with E-state index in [-0.39, 0.29) is 11.2 Å². The van der Waals surface area contributed by atoms with Crippen molar-refractivity contribution in [3.63, 3.8) is 0 Å². The van der Waals surface area contributed by atoms with E-state index in [9.17, 15) is 4.39 Å². The van der Waals surface area contributed by atoms with Crippen LogP contribution in [0.1, 0.15) is 18.4 Å². The van der Waals surface area contributed by atoms with E-state index in [0.717, 1.165) is 29.5 Å². The molecule has 0 spiro atoms. The SMILES string of the molecule is Fc1ccc(Br)cc1C1(C2CCCNC2)COC1. The van der Waals surface area contributed by atoms with E-state index < -0.39 is 0 Å². The van der Waals surface area contributed by atoms with Crippen molar-refractivity contribution in [2.24, 2.45) is 5.92 Å². The minimum absolute atomic E-state index is 0.105. The van der Waals surface area contributed by atoms with Crippen LogP contribution in [0.15, 0.2) is 22.7 Å². The third-order valence-electron chi connectivity index (χ3n) is 4.26. The van der Waals surface area contributed by atoms with Gasteiger partial charge in [-0.3, -0.25) is 0 Å². The number of hydrogen-bond donors (Lipinski definition) is 1. The molecule has 98 valence electrons. The Labute approximate surface area is 115 Å². The Morgan fingerprint density at radius 1 is 1.39 bits per heavy atom. The van der Waals surface area contributed by atoms with E-state index in [1.54, 1.807) is 12.1 Å². The summed E-state index contributed by atoms with van der Waals surface area (Å²) in [5.74, 6) is 0.371. The molecule has 0 aromatic heterocycles. The smallest absolute Gasteiger partial charge is 0.127 e. The molecule has 1 unspecified atom stereocenters. The first-order chi connectivity index (χ1) is 8.72. The van der Waals surface area contributed by atoms with Crippen molar-refractivity contribution in [2.75, 3.05) is 26.3 Å². The normalized spacial score (nSPS) is 26.7. The monoisotopic (exact) mass is 313 g/mol. The summed E-state index contributed by atoms with van der Waals surface area (Å²) in [5.41, 5.74) is 0.693. The largest absolute Gasteiger partial charge is 0.379 e. The van der Waals surface area contributed by atoms with Crippen LogP contribution in [0.5, 0.6) is 0 Å². The molecule has 0 radical (unpaired) electrons. The first-order valence-electron chi connectivity index (χ1n) is 6.46. The molecule has 0 amide bonds. The van der Waals surface area contributed by atoms with Crippen molar-refractivity contribution in [2.45, 2.75) is 18.3 Å². The van der Waals surface area contributed by atoms with E-state index in [1.807, 2.05) is 6.07 Å². The van der Waals surface area contributed by atoms with E-state index >= 15 is 0 Å². The van der Waals surface area contributed by atoms with Crippen LogP contribution in [0.4, 0.5) is 4.39 Å². The fourth-order valence-corrected chi connectivity index (χ4v) is 3.50. The van der Waals surface area contributed by atoms with E-state index in [2.05, 4.69) is 21.2 Å². The zero-order chi connectivity index (χ0) is 12.6. The van der Waals surface area contributed by atoms with Crippen molar-refractivity contribution in [3.8, 4) is 0 Å². The Kier molecular flexibility index (Phi) is 3.43. The molecular formula is C14H17BrFNO. The lowest BCUT2D eigenvalue weighted by Gasteiger charge is -2.49. The fourth-order valence-electron chi connectivity index (χ4n) is 3.14. The Morgan fingerprint density at radius 3 is 2.83 bits per heavy atom. The highest BCUT2D eigenvalue weighted by Gasteiger charge is 2.48. The molecule has 2 aliphatic heterocycles. The quantitative estimate of drug-likeness (QED) is 0.906. The van der Waals surface area contributed by atoms with Gasteiger partial charge in [0.15, 0.2) is 0 Å². The summed E-state index contributed by atoms with van der Waals surface area (Å²) in [7, 11) is 0. The van der Waals surface area contributed by atoms with E-state index in [4.69, 9.17) is 4.74 Å². The summed E-state index contributed by atoms with van der Waals surface area (Å²) in [5, 5.41) is 3.42. The van der Waals surface area contributed by atoms with E-state index in [0.29, 0.717) is 19.1 Å². The highest BCUT2D eigenvalue weighted by atomic mass is 79.9. The summed E-state index contributed by atoms with van der Waals surface area (Å²) < 4.78 is 20.5. The molecule has 2 heterocycles. The average molecular weight is 314 g/mol. The van der Waals surface area contributed by atoms with Gasteiger partial charge in [0.25, 0.3) is 0 Å². The van der Waals surface area contributed by atoms with Crippen LogP contribution in [0.2, 0.25) is 0 Å². The van der Waals surface area contributed by atoms with Gasteiger partial charge in [-0.05, 0) is 50.0 Å². The second-order valence-corrected chi connectivity index (χ2v) is 6.23. The average Bonchev–Trinajstić information content (AvgIpc) is 2.34.